The van der Waals surface area contributed by atoms with Crippen molar-refractivity contribution in [2.75, 3.05) is 0 Å². The van der Waals surface area contributed by atoms with Gasteiger partial charge in [0.15, 0.2) is 5.78 Å². The van der Waals surface area contributed by atoms with Gasteiger partial charge in [0.1, 0.15) is 5.82 Å². The van der Waals surface area contributed by atoms with Gasteiger partial charge in [-0.15, -0.1) is 11.3 Å². The number of carbonyl (C=O) groups excluding carboxylic acids is 1. The Kier molecular flexibility index (Phi) is 2.37. The Morgan fingerprint density at radius 1 is 1.18 bits per heavy atom. The average Bonchev–Trinajstić information content (AvgIpc) is 2.68. The van der Waals surface area contributed by atoms with Crippen LogP contribution in [0.15, 0.2) is 24.3 Å². The fourth-order valence-corrected chi connectivity index (χ4v) is 3.35. The van der Waals surface area contributed by atoms with Crippen LogP contribution in [-0.2, 0) is 12.8 Å². The molecule has 17 heavy (non-hydrogen) atoms. The summed E-state index contributed by atoms with van der Waals surface area (Å²) in [5.74, 6) is -0.0751. The van der Waals surface area contributed by atoms with Gasteiger partial charge in [0.25, 0.3) is 0 Å². The molecule has 0 aliphatic heterocycles. The van der Waals surface area contributed by atoms with Crippen molar-refractivity contribution >= 4 is 17.1 Å². The molecule has 1 nitrogen and oxygen atoms in total. The third kappa shape index (κ3) is 1.80. The van der Waals surface area contributed by atoms with Gasteiger partial charge in [0, 0.05) is 11.3 Å². The van der Waals surface area contributed by atoms with Crippen LogP contribution >= 0.6 is 11.3 Å². The highest BCUT2D eigenvalue weighted by atomic mass is 32.1. The maximum atomic E-state index is 13.2. The standard InChI is InChI=1S/C14H11FOS/c1-8(16)13-7-11-4-10-5-12(15)3-2-9(10)6-14(11)17-13/h2-3,5,7H,4,6H2,1H3. The summed E-state index contributed by atoms with van der Waals surface area (Å²) in [5.41, 5.74) is 3.40. The minimum Gasteiger partial charge on any atom is -0.294 e. The molecule has 0 atom stereocenters. The van der Waals surface area contributed by atoms with E-state index in [1.54, 1.807) is 24.3 Å². The molecule has 0 radical (unpaired) electrons. The zero-order valence-corrected chi connectivity index (χ0v) is 10.2. The van der Waals surface area contributed by atoms with E-state index < -0.39 is 0 Å². The molecular weight excluding hydrogens is 235 g/mol. The molecule has 1 aliphatic rings. The number of hydrogen-bond acceptors (Lipinski definition) is 2. The molecular formula is C14H11FOS. The number of fused-ring (bicyclic) bond motifs is 2. The van der Waals surface area contributed by atoms with Gasteiger partial charge < -0.3 is 0 Å². The highest BCUT2D eigenvalue weighted by molar-refractivity contribution is 7.14. The first kappa shape index (κ1) is 10.7. The summed E-state index contributed by atoms with van der Waals surface area (Å²) < 4.78 is 13.2. The van der Waals surface area contributed by atoms with Gasteiger partial charge in [-0.05, 0) is 48.2 Å². The van der Waals surface area contributed by atoms with Crippen molar-refractivity contribution in [1.29, 1.82) is 0 Å². The third-order valence-corrected chi connectivity index (χ3v) is 4.42. The van der Waals surface area contributed by atoms with E-state index in [2.05, 4.69) is 0 Å². The minimum atomic E-state index is -0.186. The lowest BCUT2D eigenvalue weighted by Crippen LogP contribution is -2.04. The maximum absolute atomic E-state index is 13.2. The van der Waals surface area contributed by atoms with Crippen LogP contribution in [0.5, 0.6) is 0 Å². The third-order valence-electron chi connectivity index (χ3n) is 3.14. The van der Waals surface area contributed by atoms with Crippen LogP contribution < -0.4 is 0 Å². The Balaban J connectivity index is 2.05. The van der Waals surface area contributed by atoms with E-state index in [0.29, 0.717) is 0 Å². The van der Waals surface area contributed by atoms with E-state index in [1.807, 2.05) is 12.1 Å². The van der Waals surface area contributed by atoms with E-state index in [0.717, 1.165) is 23.3 Å². The van der Waals surface area contributed by atoms with E-state index in [1.165, 1.54) is 22.1 Å². The van der Waals surface area contributed by atoms with Gasteiger partial charge in [-0.1, -0.05) is 6.07 Å². The number of thiophene rings is 1. The smallest absolute Gasteiger partial charge is 0.169 e. The molecule has 1 heterocycles. The first-order valence-electron chi connectivity index (χ1n) is 5.53. The number of carbonyl (C=O) groups is 1. The second-order valence-corrected chi connectivity index (χ2v) is 5.52. The molecule has 0 unspecified atom stereocenters. The van der Waals surface area contributed by atoms with Crippen LogP contribution in [0.25, 0.3) is 0 Å². The minimum absolute atomic E-state index is 0.111. The van der Waals surface area contributed by atoms with Crippen molar-refractivity contribution in [3.8, 4) is 0 Å². The number of Topliss-reactive ketones (excluding diaryl/α,β-unsaturated/α-hetero) is 1. The number of halogens is 1. The van der Waals surface area contributed by atoms with Gasteiger partial charge in [0.2, 0.25) is 0 Å². The number of ketones is 1. The van der Waals surface area contributed by atoms with Crippen LogP contribution in [0.4, 0.5) is 4.39 Å². The molecule has 0 spiro atoms. The maximum Gasteiger partial charge on any atom is 0.169 e. The Hall–Kier alpha value is -1.48. The van der Waals surface area contributed by atoms with Crippen molar-refractivity contribution in [2.45, 2.75) is 19.8 Å². The van der Waals surface area contributed by atoms with Crippen molar-refractivity contribution in [1.82, 2.24) is 0 Å². The molecule has 3 heteroatoms. The molecule has 2 aromatic rings. The lowest BCUT2D eigenvalue weighted by Gasteiger charge is -2.15. The molecule has 86 valence electrons. The number of rotatable bonds is 1. The monoisotopic (exact) mass is 246 g/mol. The van der Waals surface area contributed by atoms with Gasteiger partial charge >= 0.3 is 0 Å². The normalized spacial score (nSPS) is 13.1. The SMILES string of the molecule is CC(=O)c1cc2c(s1)Cc1ccc(F)cc1C2. The van der Waals surface area contributed by atoms with Gasteiger partial charge in [-0.3, -0.25) is 4.79 Å². The first-order valence-corrected chi connectivity index (χ1v) is 6.35. The van der Waals surface area contributed by atoms with Gasteiger partial charge in [-0.25, -0.2) is 4.39 Å². The largest absolute Gasteiger partial charge is 0.294 e. The van der Waals surface area contributed by atoms with Crippen LogP contribution in [0.3, 0.4) is 0 Å². The molecule has 3 rings (SSSR count). The fourth-order valence-electron chi connectivity index (χ4n) is 2.25. The van der Waals surface area contributed by atoms with E-state index in [9.17, 15) is 9.18 Å². The predicted molar refractivity (Wildman–Crippen MR) is 66.3 cm³/mol. The van der Waals surface area contributed by atoms with Crippen LogP contribution in [0.2, 0.25) is 0 Å². The number of hydrogen-bond donors (Lipinski definition) is 0. The molecule has 0 amide bonds. The van der Waals surface area contributed by atoms with E-state index in [-0.39, 0.29) is 11.6 Å². The van der Waals surface area contributed by atoms with Crippen LogP contribution in [0, 0.1) is 5.82 Å². The average molecular weight is 246 g/mol. The zero-order chi connectivity index (χ0) is 12.0. The summed E-state index contributed by atoms with van der Waals surface area (Å²) in [6, 6.07) is 6.91. The lowest BCUT2D eigenvalue weighted by atomic mass is 9.91. The van der Waals surface area contributed by atoms with Crippen molar-refractivity contribution in [2.24, 2.45) is 0 Å². The summed E-state index contributed by atoms with van der Waals surface area (Å²) in [7, 11) is 0. The molecule has 0 N–H and O–H groups in total. The summed E-state index contributed by atoms with van der Waals surface area (Å²) in [4.78, 5) is 13.4. The fraction of sp³-hybridized carbons (Fsp3) is 0.214. The molecule has 1 aromatic carbocycles. The Bertz CT molecular complexity index is 613. The topological polar surface area (TPSA) is 17.1 Å². The lowest BCUT2D eigenvalue weighted by molar-refractivity contribution is 0.102. The predicted octanol–water partition coefficient (Wildman–Crippen LogP) is 3.58. The first-order chi connectivity index (χ1) is 8.13. The Labute approximate surface area is 103 Å². The molecule has 0 bridgehead atoms. The molecule has 1 aliphatic carbocycles. The van der Waals surface area contributed by atoms with Gasteiger partial charge in [-0.2, -0.15) is 0 Å². The highest BCUT2D eigenvalue weighted by Crippen LogP contribution is 2.33. The van der Waals surface area contributed by atoms with Crippen LogP contribution in [0.1, 0.15) is 38.2 Å². The van der Waals surface area contributed by atoms with Gasteiger partial charge in [0.05, 0.1) is 4.88 Å². The molecule has 0 saturated heterocycles. The Morgan fingerprint density at radius 3 is 2.76 bits per heavy atom. The van der Waals surface area contributed by atoms with E-state index >= 15 is 0 Å². The number of benzene rings is 1. The van der Waals surface area contributed by atoms with E-state index in [4.69, 9.17) is 0 Å². The second-order valence-electron chi connectivity index (χ2n) is 4.38. The highest BCUT2D eigenvalue weighted by Gasteiger charge is 2.19. The van der Waals surface area contributed by atoms with Crippen molar-refractivity contribution in [3.05, 3.63) is 56.5 Å². The zero-order valence-electron chi connectivity index (χ0n) is 9.42. The molecule has 0 saturated carbocycles. The molecule has 1 aromatic heterocycles. The second kappa shape index (κ2) is 3.77. The van der Waals surface area contributed by atoms with Crippen molar-refractivity contribution < 1.29 is 9.18 Å². The van der Waals surface area contributed by atoms with Crippen LogP contribution in [-0.4, -0.2) is 5.78 Å². The summed E-state index contributed by atoms with van der Waals surface area (Å²) in [6.45, 7) is 1.59. The Morgan fingerprint density at radius 2 is 2.00 bits per heavy atom. The quantitative estimate of drug-likeness (QED) is 0.600. The summed E-state index contributed by atoms with van der Waals surface area (Å²) in [6.07, 6.45) is 1.56. The van der Waals surface area contributed by atoms with Crippen molar-refractivity contribution in [3.63, 3.8) is 0 Å². The molecule has 0 fully saturated rings. The summed E-state index contributed by atoms with van der Waals surface area (Å²) in [5, 5.41) is 0. The summed E-state index contributed by atoms with van der Waals surface area (Å²) >= 11 is 1.57.